The Balaban J connectivity index is 1.57. The molecule has 4 rings (SSSR count). The Morgan fingerprint density at radius 1 is 1.04 bits per heavy atom. The van der Waals surface area contributed by atoms with Gasteiger partial charge in [-0.1, -0.05) is 30.3 Å². The number of hydrogen-bond acceptors (Lipinski definition) is 4. The molecule has 0 atom stereocenters. The fourth-order valence-corrected chi connectivity index (χ4v) is 3.27. The quantitative estimate of drug-likeness (QED) is 0.768. The molecule has 1 aromatic heterocycles. The summed E-state index contributed by atoms with van der Waals surface area (Å²) in [5.41, 5.74) is 3.41. The monoisotopic (exact) mass is 368 g/mol. The molecule has 0 saturated carbocycles. The first-order valence-electron chi connectivity index (χ1n) is 8.82. The number of nitrogens with zero attached hydrogens (tertiary/aromatic N) is 3. The maximum absolute atomic E-state index is 13.0. The maximum Gasteiger partial charge on any atom is 0.259 e. The average Bonchev–Trinajstić information content (AvgIpc) is 3.18. The molecule has 0 spiro atoms. The maximum atomic E-state index is 13.0. The first kappa shape index (κ1) is 17.4. The Morgan fingerprint density at radius 3 is 2.64 bits per heavy atom. The van der Waals surface area contributed by atoms with Crippen LogP contribution in [0.2, 0.25) is 0 Å². The smallest absolute Gasteiger partial charge is 0.259 e. The normalized spacial score (nSPS) is 12.2. The number of nitrogens with one attached hydrogen (secondary N) is 1. The Bertz CT molecular complexity index is 1120. The molecule has 6 nitrogen and oxygen atoms in total. The highest BCUT2D eigenvalue weighted by Crippen LogP contribution is 2.28. The molecule has 0 bridgehead atoms. The molecule has 136 valence electrons. The lowest BCUT2D eigenvalue weighted by atomic mass is 10.1. The van der Waals surface area contributed by atoms with Crippen LogP contribution in [0.4, 0.5) is 11.4 Å². The number of pyridine rings is 1. The summed E-state index contributed by atoms with van der Waals surface area (Å²) < 4.78 is 0. The zero-order chi connectivity index (χ0) is 19.5. The average molecular weight is 368 g/mol. The van der Waals surface area contributed by atoms with Crippen LogP contribution in [-0.4, -0.2) is 23.3 Å². The minimum absolute atomic E-state index is 0.190. The summed E-state index contributed by atoms with van der Waals surface area (Å²) >= 11 is 0. The van der Waals surface area contributed by atoms with E-state index in [1.165, 1.54) is 18.5 Å². The molecule has 0 fully saturated rings. The van der Waals surface area contributed by atoms with Crippen LogP contribution in [0.5, 0.6) is 0 Å². The van der Waals surface area contributed by atoms with E-state index in [-0.39, 0.29) is 11.5 Å². The molecule has 0 aliphatic carbocycles. The summed E-state index contributed by atoms with van der Waals surface area (Å²) in [6.45, 7) is 0.601. The van der Waals surface area contributed by atoms with E-state index >= 15 is 0 Å². The van der Waals surface area contributed by atoms with Gasteiger partial charge in [-0.2, -0.15) is 5.26 Å². The van der Waals surface area contributed by atoms with Gasteiger partial charge < -0.3 is 10.2 Å². The van der Waals surface area contributed by atoms with Gasteiger partial charge in [0.15, 0.2) is 0 Å². The topological polar surface area (TPSA) is 86.1 Å². The van der Waals surface area contributed by atoms with Gasteiger partial charge in [0.05, 0.1) is 22.4 Å². The van der Waals surface area contributed by atoms with E-state index in [4.69, 9.17) is 5.26 Å². The highest BCUT2D eigenvalue weighted by molar-refractivity contribution is 6.10. The number of anilines is 2. The van der Waals surface area contributed by atoms with E-state index in [1.54, 1.807) is 29.2 Å². The fourth-order valence-electron chi connectivity index (χ4n) is 3.27. The van der Waals surface area contributed by atoms with E-state index in [0.717, 1.165) is 17.7 Å². The molecule has 1 aliphatic rings. The van der Waals surface area contributed by atoms with E-state index < -0.39 is 5.91 Å². The van der Waals surface area contributed by atoms with Gasteiger partial charge in [-0.05, 0) is 36.2 Å². The van der Waals surface area contributed by atoms with Crippen molar-refractivity contribution in [2.45, 2.75) is 6.42 Å². The second kappa shape index (κ2) is 7.33. The summed E-state index contributed by atoms with van der Waals surface area (Å²) in [5.74, 6) is -0.615. The predicted octanol–water partition coefficient (Wildman–Crippen LogP) is 3.41. The van der Waals surface area contributed by atoms with E-state index in [1.807, 2.05) is 30.3 Å². The molecular weight excluding hydrogens is 352 g/mol. The van der Waals surface area contributed by atoms with E-state index in [0.29, 0.717) is 23.4 Å². The Labute approximate surface area is 162 Å². The molecular formula is C22H16N4O2. The number of carbonyl (C=O) groups is 2. The Kier molecular flexibility index (Phi) is 4.56. The van der Waals surface area contributed by atoms with Crippen molar-refractivity contribution in [3.8, 4) is 6.07 Å². The van der Waals surface area contributed by atoms with Crippen LogP contribution < -0.4 is 10.2 Å². The van der Waals surface area contributed by atoms with Crippen molar-refractivity contribution in [1.82, 2.24) is 4.98 Å². The van der Waals surface area contributed by atoms with E-state index in [9.17, 15) is 9.59 Å². The second-order valence-electron chi connectivity index (χ2n) is 6.41. The Hall–Kier alpha value is -3.98. The van der Waals surface area contributed by atoms with Crippen molar-refractivity contribution in [3.63, 3.8) is 0 Å². The van der Waals surface area contributed by atoms with Crippen LogP contribution in [-0.2, 0) is 6.42 Å². The van der Waals surface area contributed by atoms with Gasteiger partial charge in [0.2, 0.25) is 0 Å². The number of amides is 2. The zero-order valence-corrected chi connectivity index (χ0v) is 14.9. The largest absolute Gasteiger partial charge is 0.321 e. The van der Waals surface area contributed by atoms with Crippen LogP contribution >= 0.6 is 0 Å². The molecule has 2 amide bonds. The van der Waals surface area contributed by atoms with Gasteiger partial charge in [0.25, 0.3) is 11.8 Å². The van der Waals surface area contributed by atoms with Crippen molar-refractivity contribution in [2.75, 3.05) is 16.8 Å². The number of aromatic nitrogens is 1. The van der Waals surface area contributed by atoms with Crippen molar-refractivity contribution in [1.29, 1.82) is 5.26 Å². The van der Waals surface area contributed by atoms with Gasteiger partial charge in [-0.3, -0.25) is 14.6 Å². The number of nitriles is 1. The summed E-state index contributed by atoms with van der Waals surface area (Å²) in [6.07, 6.45) is 3.67. The SMILES string of the molecule is N#Cc1ccccc1NC(=O)c1cncc(C(=O)N2CCc3ccccc32)c1. The molecule has 0 unspecified atom stereocenters. The minimum atomic E-state index is -0.424. The molecule has 3 aromatic rings. The minimum Gasteiger partial charge on any atom is -0.321 e. The van der Waals surface area contributed by atoms with Crippen molar-refractivity contribution in [3.05, 3.63) is 89.2 Å². The lowest BCUT2D eigenvalue weighted by Crippen LogP contribution is -2.29. The molecule has 2 aromatic carbocycles. The third-order valence-electron chi connectivity index (χ3n) is 4.68. The lowest BCUT2D eigenvalue weighted by molar-refractivity contribution is 0.0989. The summed E-state index contributed by atoms with van der Waals surface area (Å²) in [5, 5.41) is 11.9. The summed E-state index contributed by atoms with van der Waals surface area (Å²) in [7, 11) is 0. The van der Waals surface area contributed by atoms with Gasteiger partial charge >= 0.3 is 0 Å². The van der Waals surface area contributed by atoms with Crippen LogP contribution in [0.3, 0.4) is 0 Å². The van der Waals surface area contributed by atoms with Crippen molar-refractivity contribution >= 4 is 23.2 Å². The van der Waals surface area contributed by atoms with Gasteiger partial charge in [0, 0.05) is 24.6 Å². The van der Waals surface area contributed by atoms with Crippen molar-refractivity contribution < 1.29 is 9.59 Å². The van der Waals surface area contributed by atoms with E-state index in [2.05, 4.69) is 10.3 Å². The second-order valence-corrected chi connectivity index (χ2v) is 6.41. The molecule has 0 radical (unpaired) electrons. The molecule has 1 N–H and O–H groups in total. The molecule has 0 saturated heterocycles. The number of carbonyl (C=O) groups excluding carboxylic acids is 2. The Morgan fingerprint density at radius 2 is 1.79 bits per heavy atom. The number of hydrogen-bond donors (Lipinski definition) is 1. The molecule has 2 heterocycles. The number of fused-ring (bicyclic) bond motifs is 1. The number of rotatable bonds is 3. The summed E-state index contributed by atoms with van der Waals surface area (Å²) in [6, 6.07) is 18.1. The van der Waals surface area contributed by atoms with Crippen LogP contribution in [0, 0.1) is 11.3 Å². The van der Waals surface area contributed by atoms with Gasteiger partial charge in [-0.15, -0.1) is 0 Å². The van der Waals surface area contributed by atoms with Crippen LogP contribution in [0.25, 0.3) is 0 Å². The summed E-state index contributed by atoms with van der Waals surface area (Å²) in [4.78, 5) is 31.3. The first-order valence-corrected chi connectivity index (χ1v) is 8.82. The third kappa shape index (κ3) is 3.21. The third-order valence-corrected chi connectivity index (χ3v) is 4.68. The zero-order valence-electron chi connectivity index (χ0n) is 14.9. The standard InChI is InChI=1S/C22H16N4O2/c23-12-16-6-1-3-7-19(16)25-21(27)17-11-18(14-24-13-17)22(28)26-10-9-15-5-2-4-8-20(15)26/h1-8,11,13-14H,9-10H2,(H,25,27). The lowest BCUT2D eigenvalue weighted by Gasteiger charge is -2.17. The molecule has 28 heavy (non-hydrogen) atoms. The number of benzene rings is 2. The number of para-hydroxylation sites is 2. The molecule has 6 heteroatoms. The molecule has 1 aliphatic heterocycles. The van der Waals surface area contributed by atoms with Crippen molar-refractivity contribution in [2.24, 2.45) is 0 Å². The highest BCUT2D eigenvalue weighted by atomic mass is 16.2. The fraction of sp³-hybridized carbons (Fsp3) is 0.0909. The highest BCUT2D eigenvalue weighted by Gasteiger charge is 2.25. The van der Waals surface area contributed by atoms with Crippen LogP contribution in [0.1, 0.15) is 31.8 Å². The van der Waals surface area contributed by atoms with Gasteiger partial charge in [-0.25, -0.2) is 0 Å². The predicted molar refractivity (Wildman–Crippen MR) is 105 cm³/mol. The first-order chi connectivity index (χ1) is 13.7. The van der Waals surface area contributed by atoms with Crippen LogP contribution in [0.15, 0.2) is 67.0 Å². The van der Waals surface area contributed by atoms with Gasteiger partial charge in [0.1, 0.15) is 6.07 Å².